The van der Waals surface area contributed by atoms with E-state index in [4.69, 9.17) is 4.42 Å². The van der Waals surface area contributed by atoms with Crippen LogP contribution in [0.1, 0.15) is 10.5 Å². The van der Waals surface area contributed by atoms with Crippen LogP contribution >= 0.6 is 0 Å². The van der Waals surface area contributed by atoms with Gasteiger partial charge in [0.15, 0.2) is 0 Å². The number of carbonyl (C=O) groups excluding carboxylic acids is 1. The van der Waals surface area contributed by atoms with Crippen LogP contribution in [0.15, 0.2) is 75.1 Å². The van der Waals surface area contributed by atoms with E-state index >= 15 is 0 Å². The van der Waals surface area contributed by atoms with E-state index in [9.17, 15) is 13.2 Å². The Morgan fingerprint density at radius 2 is 1.58 bits per heavy atom. The Hall–Kier alpha value is -2.93. The molecule has 2 aromatic carbocycles. The van der Waals surface area contributed by atoms with E-state index in [1.54, 1.807) is 48.5 Å². The first-order valence-electron chi connectivity index (χ1n) is 6.98. The standard InChI is InChI=1S/C17H13NO5S/c1-22-16(19)14-17(24(20,21)13-10-6-3-7-11-13)23-15(18-14)12-8-4-2-5-9-12/h2-11H,1H3. The number of hydrogen-bond acceptors (Lipinski definition) is 6. The van der Waals surface area contributed by atoms with E-state index in [0.29, 0.717) is 5.56 Å². The van der Waals surface area contributed by atoms with Gasteiger partial charge in [-0.3, -0.25) is 0 Å². The van der Waals surface area contributed by atoms with Crippen molar-refractivity contribution in [2.24, 2.45) is 0 Å². The first-order chi connectivity index (χ1) is 11.5. The highest BCUT2D eigenvalue weighted by Crippen LogP contribution is 2.29. The Kier molecular flexibility index (Phi) is 4.18. The Balaban J connectivity index is 2.20. The van der Waals surface area contributed by atoms with Crippen LogP contribution in [0.2, 0.25) is 0 Å². The highest BCUT2D eigenvalue weighted by Gasteiger charge is 2.32. The normalized spacial score (nSPS) is 11.2. The lowest BCUT2D eigenvalue weighted by molar-refractivity contribution is 0.0587. The number of oxazole rings is 1. The molecule has 0 saturated carbocycles. The summed E-state index contributed by atoms with van der Waals surface area (Å²) in [6, 6.07) is 16.4. The third-order valence-corrected chi connectivity index (χ3v) is 4.95. The van der Waals surface area contributed by atoms with Crippen LogP contribution in [0.25, 0.3) is 11.5 Å². The topological polar surface area (TPSA) is 86.5 Å². The zero-order valence-electron chi connectivity index (χ0n) is 12.7. The lowest BCUT2D eigenvalue weighted by Gasteiger charge is -2.02. The number of nitrogens with zero attached hydrogens (tertiary/aromatic N) is 1. The molecule has 0 unspecified atom stereocenters. The van der Waals surface area contributed by atoms with Crippen LogP contribution in [0.3, 0.4) is 0 Å². The average molecular weight is 343 g/mol. The Morgan fingerprint density at radius 1 is 1.00 bits per heavy atom. The van der Waals surface area contributed by atoms with Crippen LogP contribution in [-0.2, 0) is 14.6 Å². The third-order valence-electron chi connectivity index (χ3n) is 3.29. The molecule has 0 radical (unpaired) electrons. The SMILES string of the molecule is COC(=O)c1nc(-c2ccccc2)oc1S(=O)(=O)c1ccccc1. The minimum absolute atomic E-state index is 0.00548. The molecule has 7 heteroatoms. The van der Waals surface area contributed by atoms with Gasteiger partial charge in [-0.2, -0.15) is 0 Å². The zero-order chi connectivity index (χ0) is 17.2. The maximum atomic E-state index is 12.8. The van der Waals surface area contributed by atoms with Crippen molar-refractivity contribution in [3.05, 3.63) is 66.4 Å². The molecule has 24 heavy (non-hydrogen) atoms. The zero-order valence-corrected chi connectivity index (χ0v) is 13.5. The lowest BCUT2D eigenvalue weighted by Crippen LogP contribution is -2.10. The van der Waals surface area contributed by atoms with Crippen molar-refractivity contribution >= 4 is 15.8 Å². The first kappa shape index (κ1) is 15.9. The number of hydrogen-bond donors (Lipinski definition) is 0. The number of rotatable bonds is 4. The Morgan fingerprint density at radius 3 is 2.17 bits per heavy atom. The molecular weight excluding hydrogens is 330 g/mol. The van der Waals surface area contributed by atoms with Crippen molar-refractivity contribution in [3.63, 3.8) is 0 Å². The molecule has 0 saturated heterocycles. The number of sulfone groups is 1. The minimum atomic E-state index is -4.04. The average Bonchev–Trinajstić information content (AvgIpc) is 3.09. The molecule has 122 valence electrons. The molecule has 0 aliphatic rings. The first-order valence-corrected chi connectivity index (χ1v) is 8.47. The number of esters is 1. The summed E-state index contributed by atoms with van der Waals surface area (Å²) in [5, 5.41) is -0.528. The molecule has 0 aliphatic heterocycles. The largest absolute Gasteiger partial charge is 0.464 e. The summed E-state index contributed by atoms with van der Waals surface area (Å²) in [6.45, 7) is 0. The van der Waals surface area contributed by atoms with Crippen LogP contribution in [-0.4, -0.2) is 26.5 Å². The lowest BCUT2D eigenvalue weighted by atomic mass is 10.2. The Labute approximate surface area is 138 Å². The number of methoxy groups -OCH3 is 1. The van der Waals surface area contributed by atoms with E-state index in [0.717, 1.165) is 7.11 Å². The van der Waals surface area contributed by atoms with Gasteiger partial charge in [-0.1, -0.05) is 36.4 Å². The molecule has 3 rings (SSSR count). The molecule has 6 nitrogen and oxygen atoms in total. The second-order valence-electron chi connectivity index (χ2n) is 4.83. The van der Waals surface area contributed by atoms with Gasteiger partial charge < -0.3 is 9.15 Å². The molecule has 0 atom stereocenters. The molecule has 3 aromatic rings. The molecular formula is C17H13NO5S. The fraction of sp³-hybridized carbons (Fsp3) is 0.0588. The van der Waals surface area contributed by atoms with Gasteiger partial charge in [0.05, 0.1) is 12.0 Å². The van der Waals surface area contributed by atoms with Gasteiger partial charge in [-0.05, 0) is 24.3 Å². The minimum Gasteiger partial charge on any atom is -0.464 e. The molecule has 0 bridgehead atoms. The van der Waals surface area contributed by atoms with Crippen LogP contribution in [0, 0.1) is 0 Å². The molecule has 0 amide bonds. The summed E-state index contributed by atoms with van der Waals surface area (Å²) in [4.78, 5) is 16.0. The summed E-state index contributed by atoms with van der Waals surface area (Å²) < 4.78 is 35.6. The molecule has 1 aromatic heterocycles. The second-order valence-corrected chi connectivity index (χ2v) is 6.68. The highest BCUT2D eigenvalue weighted by molar-refractivity contribution is 7.91. The van der Waals surface area contributed by atoms with Crippen LogP contribution in [0.5, 0.6) is 0 Å². The summed E-state index contributed by atoms with van der Waals surface area (Å²) in [5.41, 5.74) is 0.178. The second kappa shape index (κ2) is 6.29. The third kappa shape index (κ3) is 2.81. The number of benzene rings is 2. The van der Waals surface area contributed by atoms with Crippen molar-refractivity contribution in [3.8, 4) is 11.5 Å². The van der Waals surface area contributed by atoms with Crippen molar-refractivity contribution in [2.45, 2.75) is 9.99 Å². The quantitative estimate of drug-likeness (QED) is 0.677. The predicted octanol–water partition coefficient (Wildman–Crippen LogP) is 2.96. The van der Waals surface area contributed by atoms with Gasteiger partial charge >= 0.3 is 5.97 Å². The summed E-state index contributed by atoms with van der Waals surface area (Å²) in [5.74, 6) is -0.846. The van der Waals surface area contributed by atoms with Crippen LogP contribution in [0.4, 0.5) is 0 Å². The Bertz CT molecular complexity index is 963. The summed E-state index contributed by atoms with van der Waals surface area (Å²) in [6.07, 6.45) is 0. The molecule has 0 spiro atoms. The molecule has 0 aliphatic carbocycles. The van der Waals surface area contributed by atoms with E-state index < -0.39 is 20.9 Å². The number of ether oxygens (including phenoxy) is 1. The summed E-state index contributed by atoms with van der Waals surface area (Å²) in [7, 11) is -2.89. The van der Waals surface area contributed by atoms with Gasteiger partial charge in [0.2, 0.25) is 21.4 Å². The number of aromatic nitrogens is 1. The van der Waals surface area contributed by atoms with Gasteiger partial charge in [0, 0.05) is 5.56 Å². The molecule has 0 fully saturated rings. The maximum absolute atomic E-state index is 12.8. The smallest absolute Gasteiger partial charge is 0.361 e. The highest BCUT2D eigenvalue weighted by atomic mass is 32.2. The van der Waals surface area contributed by atoms with Gasteiger partial charge in [0.1, 0.15) is 0 Å². The number of carbonyl (C=O) groups is 1. The van der Waals surface area contributed by atoms with E-state index in [1.807, 2.05) is 0 Å². The van der Waals surface area contributed by atoms with E-state index in [-0.39, 0.29) is 16.5 Å². The maximum Gasteiger partial charge on any atom is 0.361 e. The molecule has 0 N–H and O–H groups in total. The van der Waals surface area contributed by atoms with Crippen molar-refractivity contribution in [1.29, 1.82) is 0 Å². The molecule has 1 heterocycles. The van der Waals surface area contributed by atoms with E-state index in [1.165, 1.54) is 12.1 Å². The monoisotopic (exact) mass is 343 g/mol. The predicted molar refractivity (Wildman–Crippen MR) is 85.2 cm³/mol. The van der Waals surface area contributed by atoms with Gasteiger partial charge in [0.25, 0.3) is 5.09 Å². The van der Waals surface area contributed by atoms with Gasteiger partial charge in [-0.25, -0.2) is 18.2 Å². The van der Waals surface area contributed by atoms with Crippen molar-refractivity contribution < 1.29 is 22.4 Å². The fourth-order valence-electron chi connectivity index (χ4n) is 2.12. The fourth-order valence-corrected chi connectivity index (χ4v) is 3.43. The summed E-state index contributed by atoms with van der Waals surface area (Å²) >= 11 is 0. The van der Waals surface area contributed by atoms with Crippen LogP contribution < -0.4 is 0 Å². The van der Waals surface area contributed by atoms with Crippen molar-refractivity contribution in [1.82, 2.24) is 4.98 Å². The van der Waals surface area contributed by atoms with E-state index in [2.05, 4.69) is 9.72 Å². The van der Waals surface area contributed by atoms with Crippen molar-refractivity contribution in [2.75, 3.05) is 7.11 Å². The van der Waals surface area contributed by atoms with Gasteiger partial charge in [-0.15, -0.1) is 0 Å².